The quantitative estimate of drug-likeness (QED) is 0.429. The Hall–Kier alpha value is -1.44. The first kappa shape index (κ1) is 15.6. The third-order valence-electron chi connectivity index (χ3n) is 2.31. The minimum absolute atomic E-state index is 0.0927. The number of para-hydroxylation sites is 1. The summed E-state index contributed by atoms with van der Waals surface area (Å²) in [6.45, 7) is 4.33. The number of hydrogen-bond donors (Lipinski definition) is 2. The van der Waals surface area contributed by atoms with E-state index in [9.17, 15) is 12.8 Å². The molecule has 0 spiro atoms. The van der Waals surface area contributed by atoms with Crippen LogP contribution in [0.5, 0.6) is 0 Å². The van der Waals surface area contributed by atoms with Gasteiger partial charge in [0.25, 0.3) is 0 Å². The summed E-state index contributed by atoms with van der Waals surface area (Å²) in [4.78, 5) is -0.265. The van der Waals surface area contributed by atoms with Crippen LogP contribution >= 0.6 is 0 Å². The van der Waals surface area contributed by atoms with E-state index in [-0.39, 0.29) is 23.7 Å². The molecule has 7 heteroatoms. The van der Waals surface area contributed by atoms with Gasteiger partial charge >= 0.3 is 0 Å². The lowest BCUT2D eigenvalue weighted by atomic mass is 10.3. The maximum absolute atomic E-state index is 13.2. The standard InChI is InChI=1S/C12H17FN2O3S/c1-2-3-8-18-9-7-15-19(16,17)11-6-4-5-10(13)12(11)14/h2,4-6,15H,1,3,7-9,14H2. The molecular weight excluding hydrogens is 271 g/mol. The van der Waals surface area contributed by atoms with Crippen LogP contribution in [0.2, 0.25) is 0 Å². The van der Waals surface area contributed by atoms with Crippen molar-refractivity contribution in [2.24, 2.45) is 0 Å². The van der Waals surface area contributed by atoms with Crippen LogP contribution in [0, 0.1) is 5.82 Å². The number of nitrogens with one attached hydrogen (secondary N) is 1. The normalized spacial score (nSPS) is 11.4. The van der Waals surface area contributed by atoms with E-state index in [0.29, 0.717) is 13.0 Å². The highest BCUT2D eigenvalue weighted by Gasteiger charge is 2.18. The first-order chi connectivity index (χ1) is 8.99. The van der Waals surface area contributed by atoms with Crippen molar-refractivity contribution < 1.29 is 17.5 Å². The summed E-state index contributed by atoms with van der Waals surface area (Å²) >= 11 is 0. The molecule has 0 bridgehead atoms. The van der Waals surface area contributed by atoms with Gasteiger partial charge in [-0.25, -0.2) is 17.5 Å². The molecule has 19 heavy (non-hydrogen) atoms. The number of halogens is 1. The summed E-state index contributed by atoms with van der Waals surface area (Å²) < 4.78 is 44.4. The van der Waals surface area contributed by atoms with E-state index in [0.717, 1.165) is 6.07 Å². The Labute approximate surface area is 112 Å². The lowest BCUT2D eigenvalue weighted by Crippen LogP contribution is -2.28. The van der Waals surface area contributed by atoms with Gasteiger partial charge in [-0.3, -0.25) is 0 Å². The number of nitrogens with two attached hydrogens (primary N) is 1. The predicted octanol–water partition coefficient (Wildman–Crippen LogP) is 1.28. The Morgan fingerprint density at radius 1 is 1.42 bits per heavy atom. The summed E-state index contributed by atoms with van der Waals surface area (Å²) in [5.41, 5.74) is 5.02. The van der Waals surface area contributed by atoms with Gasteiger partial charge < -0.3 is 10.5 Å². The third kappa shape index (κ3) is 4.62. The first-order valence-electron chi connectivity index (χ1n) is 5.71. The molecule has 0 radical (unpaired) electrons. The molecule has 0 aliphatic rings. The smallest absolute Gasteiger partial charge is 0.242 e. The zero-order valence-electron chi connectivity index (χ0n) is 10.4. The molecule has 0 amide bonds. The Morgan fingerprint density at radius 3 is 2.84 bits per heavy atom. The molecule has 1 rings (SSSR count). The van der Waals surface area contributed by atoms with Crippen molar-refractivity contribution >= 4 is 15.7 Å². The van der Waals surface area contributed by atoms with Crippen molar-refractivity contribution in [1.82, 2.24) is 4.72 Å². The maximum atomic E-state index is 13.2. The number of benzene rings is 1. The minimum atomic E-state index is -3.82. The van der Waals surface area contributed by atoms with Gasteiger partial charge in [0.1, 0.15) is 10.7 Å². The topological polar surface area (TPSA) is 81.4 Å². The fourth-order valence-electron chi connectivity index (χ4n) is 1.35. The number of nitrogen functional groups attached to an aromatic ring is 1. The van der Waals surface area contributed by atoms with Crippen molar-refractivity contribution in [3.8, 4) is 0 Å². The molecule has 0 aromatic heterocycles. The molecule has 0 aliphatic heterocycles. The molecule has 3 N–H and O–H groups in total. The van der Waals surface area contributed by atoms with E-state index in [1.807, 2.05) is 0 Å². The summed E-state index contributed by atoms with van der Waals surface area (Å²) in [5.74, 6) is -0.759. The Morgan fingerprint density at radius 2 is 2.16 bits per heavy atom. The second-order valence-electron chi connectivity index (χ2n) is 3.74. The van der Waals surface area contributed by atoms with Crippen LogP contribution < -0.4 is 10.5 Å². The number of rotatable bonds is 8. The van der Waals surface area contributed by atoms with E-state index >= 15 is 0 Å². The van der Waals surface area contributed by atoms with E-state index in [1.54, 1.807) is 6.08 Å². The number of sulfonamides is 1. The molecule has 0 saturated heterocycles. The molecular formula is C12H17FN2O3S. The molecule has 0 atom stereocenters. The van der Waals surface area contributed by atoms with Crippen molar-refractivity contribution in [1.29, 1.82) is 0 Å². The Bertz CT molecular complexity index is 532. The highest BCUT2D eigenvalue weighted by molar-refractivity contribution is 7.89. The van der Waals surface area contributed by atoms with Crippen LogP contribution in [-0.2, 0) is 14.8 Å². The van der Waals surface area contributed by atoms with Crippen LogP contribution in [0.1, 0.15) is 6.42 Å². The molecule has 1 aromatic rings. The second-order valence-corrected chi connectivity index (χ2v) is 5.47. The molecule has 5 nitrogen and oxygen atoms in total. The van der Waals surface area contributed by atoms with E-state index in [1.165, 1.54) is 12.1 Å². The zero-order chi connectivity index (χ0) is 14.3. The fourth-order valence-corrected chi connectivity index (χ4v) is 2.50. The molecule has 0 fully saturated rings. The Balaban J connectivity index is 2.57. The van der Waals surface area contributed by atoms with Gasteiger partial charge in [0.05, 0.1) is 18.9 Å². The fraction of sp³-hybridized carbons (Fsp3) is 0.333. The van der Waals surface area contributed by atoms with Crippen molar-refractivity contribution in [2.75, 3.05) is 25.5 Å². The van der Waals surface area contributed by atoms with Gasteiger partial charge in [-0.1, -0.05) is 12.1 Å². The monoisotopic (exact) mass is 288 g/mol. The molecule has 0 saturated carbocycles. The summed E-state index contributed by atoms with van der Waals surface area (Å²) in [6.07, 6.45) is 2.40. The highest BCUT2D eigenvalue weighted by Crippen LogP contribution is 2.20. The summed E-state index contributed by atoms with van der Waals surface area (Å²) in [5, 5.41) is 0. The van der Waals surface area contributed by atoms with Gasteiger partial charge in [0, 0.05) is 6.54 Å². The van der Waals surface area contributed by atoms with Crippen LogP contribution in [0.15, 0.2) is 35.7 Å². The SMILES string of the molecule is C=CCCOCCNS(=O)(=O)c1cccc(F)c1N. The maximum Gasteiger partial charge on any atom is 0.242 e. The van der Waals surface area contributed by atoms with Gasteiger partial charge in [0.15, 0.2) is 0 Å². The van der Waals surface area contributed by atoms with E-state index < -0.39 is 15.8 Å². The molecule has 0 unspecified atom stereocenters. The first-order valence-corrected chi connectivity index (χ1v) is 7.19. The highest BCUT2D eigenvalue weighted by atomic mass is 32.2. The molecule has 106 valence electrons. The minimum Gasteiger partial charge on any atom is -0.395 e. The van der Waals surface area contributed by atoms with Crippen molar-refractivity contribution in [3.63, 3.8) is 0 Å². The average molecular weight is 288 g/mol. The lowest BCUT2D eigenvalue weighted by molar-refractivity contribution is 0.144. The van der Waals surface area contributed by atoms with Crippen molar-refractivity contribution in [3.05, 3.63) is 36.7 Å². The molecule has 0 aliphatic carbocycles. The predicted molar refractivity (Wildman–Crippen MR) is 71.6 cm³/mol. The summed E-state index contributed by atoms with van der Waals surface area (Å²) in [7, 11) is -3.82. The van der Waals surface area contributed by atoms with Crippen LogP contribution in [0.4, 0.5) is 10.1 Å². The van der Waals surface area contributed by atoms with Gasteiger partial charge in [-0.15, -0.1) is 6.58 Å². The van der Waals surface area contributed by atoms with Crippen LogP contribution in [0.3, 0.4) is 0 Å². The average Bonchev–Trinajstić information content (AvgIpc) is 2.36. The molecule has 1 aromatic carbocycles. The van der Waals surface area contributed by atoms with Gasteiger partial charge in [0.2, 0.25) is 10.0 Å². The Kier molecular flexibility index (Phi) is 5.94. The third-order valence-corrected chi connectivity index (χ3v) is 3.83. The largest absolute Gasteiger partial charge is 0.395 e. The zero-order valence-corrected chi connectivity index (χ0v) is 11.2. The number of hydrogen-bond acceptors (Lipinski definition) is 4. The molecule has 0 heterocycles. The van der Waals surface area contributed by atoms with Gasteiger partial charge in [-0.05, 0) is 18.6 Å². The van der Waals surface area contributed by atoms with E-state index in [2.05, 4.69) is 11.3 Å². The van der Waals surface area contributed by atoms with Crippen LogP contribution in [-0.4, -0.2) is 28.2 Å². The lowest BCUT2D eigenvalue weighted by Gasteiger charge is -2.09. The number of ether oxygens (including phenoxy) is 1. The summed E-state index contributed by atoms with van der Waals surface area (Å²) in [6, 6.07) is 3.65. The van der Waals surface area contributed by atoms with Crippen LogP contribution in [0.25, 0.3) is 0 Å². The van der Waals surface area contributed by atoms with Gasteiger partial charge in [-0.2, -0.15) is 0 Å². The van der Waals surface area contributed by atoms with E-state index in [4.69, 9.17) is 10.5 Å². The number of anilines is 1. The van der Waals surface area contributed by atoms with Crippen molar-refractivity contribution in [2.45, 2.75) is 11.3 Å². The second kappa shape index (κ2) is 7.22.